The summed E-state index contributed by atoms with van der Waals surface area (Å²) in [6.07, 6.45) is 2.13. The van der Waals surface area contributed by atoms with Crippen molar-refractivity contribution in [2.45, 2.75) is 26.3 Å². The summed E-state index contributed by atoms with van der Waals surface area (Å²) in [5.74, 6) is 0.0662. The molecule has 0 atom stereocenters. The summed E-state index contributed by atoms with van der Waals surface area (Å²) in [6.45, 7) is 5.92. The standard InChI is InChI=1S/C18H22N2OS/c1-14-8-12-22-17(14)18(21)19-9-4-10-20-11-7-15-5-2-3-6-16(15)13-20/h2-3,5-6,8,12H,4,7,9-11,13H2,1H3,(H,19,21). The van der Waals surface area contributed by atoms with Crippen LogP contribution in [-0.4, -0.2) is 30.4 Å². The molecule has 0 fully saturated rings. The van der Waals surface area contributed by atoms with Gasteiger partial charge < -0.3 is 5.32 Å². The van der Waals surface area contributed by atoms with Crippen molar-refractivity contribution in [2.75, 3.05) is 19.6 Å². The van der Waals surface area contributed by atoms with Gasteiger partial charge in [-0.15, -0.1) is 11.3 Å². The second kappa shape index (κ2) is 7.07. The molecule has 0 bridgehead atoms. The SMILES string of the molecule is Cc1ccsc1C(=O)NCCCN1CCc2ccccc2C1. The summed E-state index contributed by atoms with van der Waals surface area (Å²) < 4.78 is 0. The molecule has 0 saturated carbocycles. The Morgan fingerprint density at radius 2 is 2.09 bits per heavy atom. The van der Waals surface area contributed by atoms with Gasteiger partial charge in [0.2, 0.25) is 0 Å². The van der Waals surface area contributed by atoms with Crippen molar-refractivity contribution in [3.63, 3.8) is 0 Å². The zero-order valence-electron chi connectivity index (χ0n) is 13.0. The fourth-order valence-corrected chi connectivity index (χ4v) is 3.78. The number of carbonyl (C=O) groups excluding carboxylic acids is 1. The van der Waals surface area contributed by atoms with Gasteiger partial charge in [0.15, 0.2) is 0 Å². The van der Waals surface area contributed by atoms with E-state index in [1.165, 1.54) is 22.5 Å². The van der Waals surface area contributed by atoms with Crippen LogP contribution < -0.4 is 5.32 Å². The van der Waals surface area contributed by atoms with Gasteiger partial charge in [-0.05, 0) is 47.9 Å². The van der Waals surface area contributed by atoms with E-state index in [2.05, 4.69) is 34.5 Å². The Hall–Kier alpha value is -1.65. The van der Waals surface area contributed by atoms with Gasteiger partial charge in [-0.25, -0.2) is 0 Å². The zero-order valence-corrected chi connectivity index (χ0v) is 13.8. The summed E-state index contributed by atoms with van der Waals surface area (Å²) in [4.78, 5) is 15.3. The lowest BCUT2D eigenvalue weighted by molar-refractivity contribution is 0.0955. The van der Waals surface area contributed by atoms with Crippen molar-refractivity contribution >= 4 is 17.2 Å². The van der Waals surface area contributed by atoms with Crippen molar-refractivity contribution in [3.8, 4) is 0 Å². The van der Waals surface area contributed by atoms with Crippen molar-refractivity contribution in [3.05, 3.63) is 57.3 Å². The highest BCUT2D eigenvalue weighted by Gasteiger charge is 2.15. The molecule has 0 spiro atoms. The largest absolute Gasteiger partial charge is 0.351 e. The third-order valence-corrected chi connectivity index (χ3v) is 5.23. The van der Waals surface area contributed by atoms with E-state index in [4.69, 9.17) is 0 Å². The first-order valence-electron chi connectivity index (χ1n) is 7.85. The molecular weight excluding hydrogens is 292 g/mol. The second-order valence-corrected chi connectivity index (χ2v) is 6.75. The van der Waals surface area contributed by atoms with Crippen LogP contribution in [0.4, 0.5) is 0 Å². The minimum atomic E-state index is 0.0662. The normalized spacial score (nSPS) is 14.6. The lowest BCUT2D eigenvalue weighted by Crippen LogP contribution is -2.33. The van der Waals surface area contributed by atoms with Crippen LogP contribution in [0, 0.1) is 6.92 Å². The van der Waals surface area contributed by atoms with Gasteiger partial charge in [0.25, 0.3) is 5.91 Å². The Balaban J connectivity index is 1.41. The number of fused-ring (bicyclic) bond motifs is 1. The summed E-state index contributed by atoms with van der Waals surface area (Å²) in [6, 6.07) is 10.7. The van der Waals surface area contributed by atoms with E-state index in [0.29, 0.717) is 0 Å². The molecular formula is C18H22N2OS. The Labute approximate surface area is 136 Å². The minimum absolute atomic E-state index is 0.0662. The quantitative estimate of drug-likeness (QED) is 0.859. The molecule has 4 heteroatoms. The average Bonchev–Trinajstić information content (AvgIpc) is 2.97. The summed E-state index contributed by atoms with van der Waals surface area (Å²) >= 11 is 1.51. The summed E-state index contributed by atoms with van der Waals surface area (Å²) in [7, 11) is 0. The lowest BCUT2D eigenvalue weighted by Gasteiger charge is -2.28. The van der Waals surface area contributed by atoms with Gasteiger partial charge in [0.05, 0.1) is 4.88 Å². The molecule has 0 unspecified atom stereocenters. The average molecular weight is 314 g/mol. The first-order valence-corrected chi connectivity index (χ1v) is 8.73. The van der Waals surface area contributed by atoms with Crippen molar-refractivity contribution < 1.29 is 4.79 Å². The smallest absolute Gasteiger partial charge is 0.261 e. The number of rotatable bonds is 5. The maximum atomic E-state index is 12.0. The van der Waals surface area contributed by atoms with Gasteiger partial charge in [-0.3, -0.25) is 9.69 Å². The highest BCUT2D eigenvalue weighted by Crippen LogP contribution is 2.18. The number of carbonyl (C=O) groups is 1. The molecule has 1 amide bonds. The molecule has 22 heavy (non-hydrogen) atoms. The molecule has 0 radical (unpaired) electrons. The third kappa shape index (κ3) is 3.57. The number of amides is 1. The summed E-state index contributed by atoms with van der Waals surface area (Å²) in [5.41, 5.74) is 4.00. The van der Waals surface area contributed by atoms with E-state index in [-0.39, 0.29) is 5.91 Å². The van der Waals surface area contributed by atoms with E-state index in [1.807, 2.05) is 18.4 Å². The highest BCUT2D eigenvalue weighted by atomic mass is 32.1. The highest BCUT2D eigenvalue weighted by molar-refractivity contribution is 7.12. The fraction of sp³-hybridized carbons (Fsp3) is 0.389. The molecule has 0 aliphatic carbocycles. The third-order valence-electron chi connectivity index (χ3n) is 4.21. The number of nitrogens with one attached hydrogen (secondary N) is 1. The second-order valence-electron chi connectivity index (χ2n) is 5.84. The zero-order chi connectivity index (χ0) is 15.4. The molecule has 3 rings (SSSR count). The van der Waals surface area contributed by atoms with Gasteiger partial charge in [0, 0.05) is 26.2 Å². The van der Waals surface area contributed by atoms with E-state index >= 15 is 0 Å². The molecule has 116 valence electrons. The molecule has 1 aromatic carbocycles. The van der Waals surface area contributed by atoms with Gasteiger partial charge in [-0.1, -0.05) is 24.3 Å². The number of hydrogen-bond acceptors (Lipinski definition) is 3. The van der Waals surface area contributed by atoms with Crippen LogP contribution >= 0.6 is 11.3 Å². The van der Waals surface area contributed by atoms with Crippen LogP contribution in [0.3, 0.4) is 0 Å². The van der Waals surface area contributed by atoms with Crippen LogP contribution in [0.5, 0.6) is 0 Å². The van der Waals surface area contributed by atoms with Crippen molar-refractivity contribution in [1.82, 2.24) is 10.2 Å². The number of benzene rings is 1. The molecule has 1 aromatic heterocycles. The number of nitrogens with zero attached hydrogens (tertiary/aromatic N) is 1. The first kappa shape index (κ1) is 15.3. The Bertz CT molecular complexity index is 650. The minimum Gasteiger partial charge on any atom is -0.351 e. The molecule has 1 N–H and O–H groups in total. The molecule has 1 aliphatic heterocycles. The molecule has 2 heterocycles. The van der Waals surface area contributed by atoms with Crippen LogP contribution in [0.1, 0.15) is 32.8 Å². The monoisotopic (exact) mass is 314 g/mol. The predicted octanol–water partition coefficient (Wildman–Crippen LogP) is 3.23. The molecule has 0 saturated heterocycles. The van der Waals surface area contributed by atoms with Gasteiger partial charge in [0.1, 0.15) is 0 Å². The first-order chi connectivity index (χ1) is 10.7. The number of hydrogen-bond donors (Lipinski definition) is 1. The molecule has 2 aromatic rings. The Morgan fingerprint density at radius 1 is 1.27 bits per heavy atom. The van der Waals surface area contributed by atoms with Gasteiger partial charge in [-0.2, -0.15) is 0 Å². The molecule has 1 aliphatic rings. The van der Waals surface area contributed by atoms with E-state index in [1.54, 1.807) is 0 Å². The van der Waals surface area contributed by atoms with Gasteiger partial charge >= 0.3 is 0 Å². The van der Waals surface area contributed by atoms with Crippen LogP contribution in [0.2, 0.25) is 0 Å². The van der Waals surface area contributed by atoms with E-state index in [9.17, 15) is 4.79 Å². The maximum absolute atomic E-state index is 12.0. The van der Waals surface area contributed by atoms with E-state index in [0.717, 1.165) is 49.5 Å². The topological polar surface area (TPSA) is 32.3 Å². The summed E-state index contributed by atoms with van der Waals surface area (Å²) in [5, 5.41) is 5.00. The van der Waals surface area contributed by atoms with Crippen LogP contribution in [-0.2, 0) is 13.0 Å². The Kier molecular flexibility index (Phi) is 4.90. The van der Waals surface area contributed by atoms with E-state index < -0.39 is 0 Å². The van der Waals surface area contributed by atoms with Crippen LogP contribution in [0.15, 0.2) is 35.7 Å². The Morgan fingerprint density at radius 3 is 2.86 bits per heavy atom. The van der Waals surface area contributed by atoms with Crippen LogP contribution in [0.25, 0.3) is 0 Å². The fourth-order valence-electron chi connectivity index (χ4n) is 2.94. The van der Waals surface area contributed by atoms with Crippen molar-refractivity contribution in [2.24, 2.45) is 0 Å². The lowest BCUT2D eigenvalue weighted by atomic mass is 10.00. The predicted molar refractivity (Wildman–Crippen MR) is 91.4 cm³/mol. The van der Waals surface area contributed by atoms with Crippen molar-refractivity contribution in [1.29, 1.82) is 0 Å². The number of thiophene rings is 1. The number of aryl methyl sites for hydroxylation is 1. The maximum Gasteiger partial charge on any atom is 0.261 e. The molecule has 3 nitrogen and oxygen atoms in total.